The van der Waals surface area contributed by atoms with Crippen LogP contribution in [-0.2, 0) is 32.8 Å². The van der Waals surface area contributed by atoms with Crippen LogP contribution in [0.3, 0.4) is 0 Å². The fourth-order valence-corrected chi connectivity index (χ4v) is 6.88. The van der Waals surface area contributed by atoms with Crippen LogP contribution in [-0.4, -0.2) is 23.8 Å². The lowest BCUT2D eigenvalue weighted by Crippen LogP contribution is -2.27. The maximum absolute atomic E-state index is 14.7. The van der Waals surface area contributed by atoms with Gasteiger partial charge in [0.2, 0.25) is 0 Å². The van der Waals surface area contributed by atoms with Gasteiger partial charge in [-0.25, -0.2) is 22.5 Å². The van der Waals surface area contributed by atoms with Crippen LogP contribution in [0.2, 0.25) is 20.4 Å². The van der Waals surface area contributed by atoms with Crippen molar-refractivity contribution in [3.63, 3.8) is 0 Å². The van der Waals surface area contributed by atoms with E-state index in [2.05, 4.69) is 0 Å². The monoisotopic (exact) mass is 740 g/mol. The maximum atomic E-state index is 14.7. The second-order valence-electron chi connectivity index (χ2n) is 11.3. The molecule has 0 saturated carbocycles. The molecule has 0 aliphatic carbocycles. The third-order valence-electron chi connectivity index (χ3n) is 8.23. The number of nitrogens with zero attached hydrogens (tertiary/aromatic N) is 4. The zero-order valence-corrected chi connectivity index (χ0v) is 28.1. The summed E-state index contributed by atoms with van der Waals surface area (Å²) in [4.78, 5) is 25.1. The number of fused-ring (bicyclic) bond motifs is 2. The fourth-order valence-electron chi connectivity index (χ4n) is 5.81. The first-order valence-corrected chi connectivity index (χ1v) is 16.5. The first-order valence-electron chi connectivity index (χ1n) is 15.0. The van der Waals surface area contributed by atoms with Gasteiger partial charge in [0.05, 0.1) is 21.2 Å². The van der Waals surface area contributed by atoms with E-state index in [1.807, 2.05) is 0 Å². The number of benzene rings is 3. The molecule has 48 heavy (non-hydrogen) atoms. The van der Waals surface area contributed by atoms with Gasteiger partial charge in [-0.2, -0.15) is 0 Å². The molecule has 4 heterocycles. The zero-order valence-electron chi connectivity index (χ0n) is 25.1. The van der Waals surface area contributed by atoms with Crippen molar-refractivity contribution in [2.75, 3.05) is 0 Å². The highest BCUT2D eigenvalue weighted by Gasteiger charge is 2.26. The van der Waals surface area contributed by atoms with Crippen molar-refractivity contribution in [1.29, 1.82) is 0 Å². The fraction of sp³-hybridized carbons (Fsp3) is 0.273. The quantitative estimate of drug-likeness (QED) is 0.196. The number of aromatic nitrogens is 4. The summed E-state index contributed by atoms with van der Waals surface area (Å²) in [6.07, 6.45) is 3.58. The molecule has 0 bridgehead atoms. The maximum Gasteiger partial charge on any atom is 0.276 e. The van der Waals surface area contributed by atoms with E-state index in [-0.39, 0.29) is 77.6 Å². The van der Waals surface area contributed by atoms with Gasteiger partial charge < -0.3 is 9.84 Å². The predicted molar refractivity (Wildman–Crippen MR) is 179 cm³/mol. The molecule has 0 amide bonds. The molecule has 252 valence electrons. The molecule has 8 nitrogen and oxygen atoms in total. The van der Waals surface area contributed by atoms with E-state index in [0.717, 1.165) is 49.4 Å². The van der Waals surface area contributed by atoms with Crippen molar-refractivity contribution in [2.24, 2.45) is 0 Å². The van der Waals surface area contributed by atoms with Gasteiger partial charge in [-0.1, -0.05) is 58.5 Å². The average molecular weight is 742 g/mol. The molecule has 2 aromatic heterocycles. The van der Waals surface area contributed by atoms with Crippen LogP contribution in [0.4, 0.5) is 13.2 Å². The second kappa shape index (κ2) is 14.0. The Morgan fingerprint density at radius 1 is 0.646 bits per heavy atom. The largest absolute Gasteiger partial charge is 0.506 e. The van der Waals surface area contributed by atoms with E-state index in [0.29, 0.717) is 26.2 Å². The topological polar surface area (TPSA) is 83.3 Å². The smallest absolute Gasteiger partial charge is 0.276 e. The standard InChI is InChI=1S/C20H16Cl2F2N2O2.C13H11Cl2FN2O2/c21-15-10-16(24)14(9-17(15)28-11-12-3-5-13(23)6-4-12)18-19(22)25-7-1-2-8-26(25)20(18)27;14-8-6-9(16)7(5-10(8)19)11-12(15)17-3-1-2-4-18(17)13(11)20/h3-6,9-10H,1-2,7-8,11H2;5-6,19H,1-4H2. The first-order chi connectivity index (χ1) is 23.0. The Morgan fingerprint density at radius 3 is 1.60 bits per heavy atom. The molecular weight excluding hydrogens is 715 g/mol. The van der Waals surface area contributed by atoms with Crippen LogP contribution in [0, 0.1) is 17.5 Å². The average Bonchev–Trinajstić information content (AvgIpc) is 3.48. The van der Waals surface area contributed by atoms with Gasteiger partial charge in [-0.05, 0) is 67.6 Å². The molecule has 5 aromatic rings. The minimum atomic E-state index is -0.685. The minimum absolute atomic E-state index is 0.0312. The van der Waals surface area contributed by atoms with Crippen LogP contribution in [0.1, 0.15) is 31.2 Å². The summed E-state index contributed by atoms with van der Waals surface area (Å²) in [7, 11) is 0. The van der Waals surface area contributed by atoms with Crippen molar-refractivity contribution >= 4 is 46.4 Å². The van der Waals surface area contributed by atoms with E-state index in [9.17, 15) is 27.9 Å². The van der Waals surface area contributed by atoms with Crippen molar-refractivity contribution in [2.45, 2.75) is 58.5 Å². The Balaban J connectivity index is 0.000000177. The number of phenols is 1. The predicted octanol–water partition coefficient (Wildman–Crippen LogP) is 8.54. The van der Waals surface area contributed by atoms with Crippen molar-refractivity contribution in [3.8, 4) is 33.8 Å². The Bertz CT molecular complexity index is 2140. The van der Waals surface area contributed by atoms with E-state index >= 15 is 0 Å². The Hall–Kier alpha value is -3.77. The molecule has 0 saturated heterocycles. The Morgan fingerprint density at radius 2 is 1.10 bits per heavy atom. The normalized spacial score (nSPS) is 13.8. The van der Waals surface area contributed by atoms with Crippen LogP contribution >= 0.6 is 46.4 Å². The van der Waals surface area contributed by atoms with Gasteiger partial charge in [0.25, 0.3) is 11.1 Å². The number of hydrogen-bond acceptors (Lipinski definition) is 4. The van der Waals surface area contributed by atoms with Gasteiger partial charge in [0, 0.05) is 37.3 Å². The molecule has 2 aliphatic rings. The summed E-state index contributed by atoms with van der Waals surface area (Å²) in [5.41, 5.74) is 0.216. The minimum Gasteiger partial charge on any atom is -0.506 e. The van der Waals surface area contributed by atoms with E-state index in [4.69, 9.17) is 51.1 Å². The number of ether oxygens (including phenoxy) is 1. The molecular formula is C33H27Cl4F3N4O4. The number of halogens is 7. The summed E-state index contributed by atoms with van der Waals surface area (Å²) >= 11 is 24.4. The van der Waals surface area contributed by atoms with Crippen molar-refractivity contribution in [1.82, 2.24) is 18.7 Å². The van der Waals surface area contributed by atoms with E-state index in [1.165, 1.54) is 27.6 Å². The molecule has 3 aromatic carbocycles. The molecule has 0 radical (unpaired) electrons. The number of hydrogen-bond donors (Lipinski definition) is 1. The van der Waals surface area contributed by atoms with Gasteiger partial charge in [-0.15, -0.1) is 0 Å². The first kappa shape index (κ1) is 34.1. The summed E-state index contributed by atoms with van der Waals surface area (Å²) in [5, 5.41) is 9.97. The van der Waals surface area contributed by atoms with Crippen molar-refractivity contribution < 1.29 is 23.0 Å². The highest BCUT2D eigenvalue weighted by molar-refractivity contribution is 6.34. The molecule has 0 spiro atoms. The van der Waals surface area contributed by atoms with Crippen molar-refractivity contribution in [3.05, 3.63) is 113 Å². The third kappa shape index (κ3) is 6.48. The van der Waals surface area contributed by atoms with E-state index in [1.54, 1.807) is 21.5 Å². The van der Waals surface area contributed by atoms with Gasteiger partial charge in [0.15, 0.2) is 0 Å². The van der Waals surface area contributed by atoms with E-state index < -0.39 is 11.6 Å². The number of aromatic hydroxyl groups is 1. The van der Waals surface area contributed by atoms with Crippen LogP contribution < -0.4 is 15.9 Å². The van der Waals surface area contributed by atoms with Gasteiger partial charge in [-0.3, -0.25) is 19.0 Å². The number of rotatable bonds is 5. The summed E-state index contributed by atoms with van der Waals surface area (Å²) in [6, 6.07) is 10.4. The van der Waals surface area contributed by atoms with Gasteiger partial charge in [0.1, 0.15) is 45.9 Å². The van der Waals surface area contributed by atoms with Gasteiger partial charge >= 0.3 is 0 Å². The molecule has 1 N–H and O–H groups in total. The highest BCUT2D eigenvalue weighted by Crippen LogP contribution is 2.37. The zero-order chi connectivity index (χ0) is 34.3. The molecule has 7 rings (SSSR count). The van der Waals surface area contributed by atoms with Crippen LogP contribution in [0.5, 0.6) is 11.5 Å². The number of phenolic OH excluding ortho intramolecular Hbond substituents is 1. The molecule has 2 aliphatic heterocycles. The second-order valence-corrected chi connectivity index (χ2v) is 12.8. The lowest BCUT2D eigenvalue weighted by Gasteiger charge is -2.17. The van der Waals surface area contributed by atoms with Crippen LogP contribution in [0.25, 0.3) is 22.3 Å². The Labute approximate surface area is 292 Å². The molecule has 0 fully saturated rings. The summed E-state index contributed by atoms with van der Waals surface area (Å²) in [6.45, 7) is 2.44. The molecule has 0 atom stereocenters. The summed E-state index contributed by atoms with van der Waals surface area (Å²) in [5.74, 6) is -1.75. The SMILES string of the molecule is O=c1c(-c2cc(O)c(Cl)cc2F)c(Cl)n2n1CCCC2.O=c1c(-c2cc(OCc3ccc(F)cc3)c(Cl)cc2F)c(Cl)n2n1CCCC2. The highest BCUT2D eigenvalue weighted by atomic mass is 35.5. The van der Waals surface area contributed by atoms with Crippen LogP contribution in [0.15, 0.2) is 58.1 Å². The third-order valence-corrected chi connectivity index (χ3v) is 9.60. The molecule has 0 unspecified atom stereocenters. The lowest BCUT2D eigenvalue weighted by molar-refractivity contribution is 0.306. The summed E-state index contributed by atoms with van der Waals surface area (Å²) < 4.78 is 53.7. The molecule has 15 heteroatoms. The Kier molecular flexibility index (Phi) is 9.94. The lowest BCUT2D eigenvalue weighted by atomic mass is 10.1.